The Balaban J connectivity index is 2.94. The van der Waals surface area contributed by atoms with Crippen molar-refractivity contribution in [3.8, 4) is 0 Å². The fraction of sp³-hybridized carbons (Fsp3) is 0.250. The molecule has 72 valence electrons. The Morgan fingerprint density at radius 3 is 2.23 bits per heavy atom. The first-order chi connectivity index (χ1) is 6.04. The lowest BCUT2D eigenvalue weighted by atomic mass is 10.2. The second-order valence-corrected chi connectivity index (χ2v) is 6.03. The summed E-state index contributed by atoms with van der Waals surface area (Å²) >= 11 is 4.01. The Morgan fingerprint density at radius 1 is 1.31 bits per heavy atom. The molecule has 0 spiro atoms. The van der Waals surface area contributed by atoms with E-state index in [4.69, 9.17) is 0 Å². The summed E-state index contributed by atoms with van der Waals surface area (Å²) in [6, 6.07) is 6.85. The van der Waals surface area contributed by atoms with Crippen LogP contribution in [0.3, 0.4) is 0 Å². The number of benzene rings is 1. The van der Waals surface area contributed by atoms with Gasteiger partial charge in [0.05, 0.1) is 4.90 Å². The highest BCUT2D eigenvalue weighted by molar-refractivity contribution is 8.68. The molecule has 5 heteroatoms. The lowest BCUT2D eigenvalue weighted by Gasteiger charge is -2.00. The van der Waals surface area contributed by atoms with Gasteiger partial charge in [0.2, 0.25) is 0 Å². The van der Waals surface area contributed by atoms with Crippen molar-refractivity contribution in [2.45, 2.75) is 10.6 Å². The number of hydrogen-bond donors (Lipinski definition) is 1. The van der Waals surface area contributed by atoms with Gasteiger partial charge < -0.3 is 0 Å². The monoisotopic (exact) mass is 234 g/mol. The molecular formula is C8H10O2S3. The first kappa shape index (κ1) is 10.9. The van der Waals surface area contributed by atoms with Crippen LogP contribution in [0.5, 0.6) is 0 Å². The summed E-state index contributed by atoms with van der Waals surface area (Å²) in [4.78, 5) is 0.361. The predicted octanol–water partition coefficient (Wildman–Crippen LogP) is 2.17. The lowest BCUT2D eigenvalue weighted by molar-refractivity contribution is 0.602. The van der Waals surface area contributed by atoms with Crippen molar-refractivity contribution < 1.29 is 8.42 Å². The van der Waals surface area contributed by atoms with Gasteiger partial charge in [-0.3, -0.25) is 0 Å². The Kier molecular flexibility index (Phi) is 3.70. The van der Waals surface area contributed by atoms with Gasteiger partial charge in [0.25, 0.3) is 0 Å². The molecule has 0 saturated heterocycles. The molecule has 0 radical (unpaired) electrons. The van der Waals surface area contributed by atoms with E-state index >= 15 is 0 Å². The van der Waals surface area contributed by atoms with E-state index in [1.165, 1.54) is 17.0 Å². The van der Waals surface area contributed by atoms with E-state index in [2.05, 4.69) is 11.7 Å². The van der Waals surface area contributed by atoms with Crippen molar-refractivity contribution in [3.63, 3.8) is 0 Å². The maximum Gasteiger partial charge on any atom is 0.175 e. The molecule has 0 aliphatic heterocycles. The topological polar surface area (TPSA) is 34.1 Å². The van der Waals surface area contributed by atoms with Gasteiger partial charge in [0.15, 0.2) is 9.84 Å². The fourth-order valence-electron chi connectivity index (χ4n) is 0.907. The Hall–Kier alpha value is -0.130. The molecule has 1 aromatic carbocycles. The minimum atomic E-state index is -3.06. The van der Waals surface area contributed by atoms with Crippen LogP contribution in [0.15, 0.2) is 29.2 Å². The highest BCUT2D eigenvalue weighted by atomic mass is 33.1. The molecule has 0 aromatic heterocycles. The zero-order valence-electron chi connectivity index (χ0n) is 7.10. The van der Waals surface area contributed by atoms with E-state index in [1.807, 2.05) is 0 Å². The molecule has 1 aromatic rings. The molecule has 0 aliphatic carbocycles. The Labute approximate surface area is 87.5 Å². The van der Waals surface area contributed by atoms with E-state index in [-0.39, 0.29) is 0 Å². The molecule has 13 heavy (non-hydrogen) atoms. The first-order valence-corrected chi connectivity index (χ1v) is 7.52. The first-order valence-electron chi connectivity index (χ1n) is 3.59. The molecule has 0 N–H and O–H groups in total. The van der Waals surface area contributed by atoms with Crippen molar-refractivity contribution in [1.29, 1.82) is 0 Å². The van der Waals surface area contributed by atoms with Crippen LogP contribution in [-0.2, 0) is 15.6 Å². The van der Waals surface area contributed by atoms with Crippen molar-refractivity contribution in [2.75, 3.05) is 6.26 Å². The van der Waals surface area contributed by atoms with E-state index in [0.29, 0.717) is 4.90 Å². The number of rotatable bonds is 3. The van der Waals surface area contributed by atoms with Gasteiger partial charge >= 0.3 is 0 Å². The molecule has 0 bridgehead atoms. The molecule has 0 fully saturated rings. The summed E-state index contributed by atoms with van der Waals surface area (Å²) in [5.41, 5.74) is 1.08. The van der Waals surface area contributed by atoms with Crippen molar-refractivity contribution in [1.82, 2.24) is 0 Å². The largest absolute Gasteiger partial charge is 0.224 e. The van der Waals surface area contributed by atoms with Gasteiger partial charge in [-0.2, -0.15) is 0 Å². The quantitative estimate of drug-likeness (QED) is 0.643. The van der Waals surface area contributed by atoms with Crippen LogP contribution >= 0.6 is 22.5 Å². The van der Waals surface area contributed by atoms with E-state index in [1.54, 1.807) is 24.3 Å². The van der Waals surface area contributed by atoms with Crippen LogP contribution in [0.4, 0.5) is 0 Å². The highest BCUT2D eigenvalue weighted by Crippen LogP contribution is 2.17. The summed E-state index contributed by atoms with van der Waals surface area (Å²) in [6.07, 6.45) is 1.20. The average Bonchev–Trinajstić information content (AvgIpc) is 2.04. The van der Waals surface area contributed by atoms with Crippen molar-refractivity contribution >= 4 is 32.3 Å². The Bertz CT molecular complexity index is 367. The highest BCUT2D eigenvalue weighted by Gasteiger charge is 2.05. The summed E-state index contributed by atoms with van der Waals surface area (Å²) in [6.45, 7) is 0. The van der Waals surface area contributed by atoms with Gasteiger partial charge in [0, 0.05) is 12.0 Å². The zero-order valence-corrected chi connectivity index (χ0v) is 9.62. The minimum absolute atomic E-state index is 0.361. The lowest BCUT2D eigenvalue weighted by Crippen LogP contribution is -1.96. The van der Waals surface area contributed by atoms with Crippen molar-refractivity contribution in [3.05, 3.63) is 29.8 Å². The molecule has 0 amide bonds. The fourth-order valence-corrected chi connectivity index (χ4v) is 2.33. The third-order valence-corrected chi connectivity index (χ3v) is 3.56. The van der Waals surface area contributed by atoms with Crippen LogP contribution < -0.4 is 0 Å². The molecule has 0 saturated carbocycles. The summed E-state index contributed by atoms with van der Waals surface area (Å²) in [7, 11) is -1.65. The predicted molar refractivity (Wildman–Crippen MR) is 59.8 cm³/mol. The zero-order chi connectivity index (χ0) is 9.90. The second-order valence-electron chi connectivity index (χ2n) is 2.69. The maximum absolute atomic E-state index is 11.1. The van der Waals surface area contributed by atoms with Crippen LogP contribution in [0.25, 0.3) is 0 Å². The second kappa shape index (κ2) is 4.39. The number of hydrogen-bond acceptors (Lipinski definition) is 4. The van der Waals surface area contributed by atoms with E-state index in [9.17, 15) is 8.42 Å². The number of thiol groups is 1. The van der Waals surface area contributed by atoms with Gasteiger partial charge in [-0.15, -0.1) is 11.7 Å². The third-order valence-electron chi connectivity index (χ3n) is 1.58. The van der Waals surface area contributed by atoms with Crippen LogP contribution in [-0.4, -0.2) is 14.7 Å². The van der Waals surface area contributed by atoms with Gasteiger partial charge in [-0.05, 0) is 17.7 Å². The van der Waals surface area contributed by atoms with Crippen LogP contribution in [0.1, 0.15) is 5.56 Å². The Morgan fingerprint density at radius 2 is 1.85 bits per heavy atom. The average molecular weight is 234 g/mol. The molecule has 0 unspecified atom stereocenters. The van der Waals surface area contributed by atoms with Crippen molar-refractivity contribution in [2.24, 2.45) is 0 Å². The summed E-state index contributed by atoms with van der Waals surface area (Å²) < 4.78 is 22.2. The molecule has 1 rings (SSSR count). The molecule has 0 aliphatic rings. The van der Waals surface area contributed by atoms with Gasteiger partial charge in [0.1, 0.15) is 0 Å². The molecule has 0 heterocycles. The van der Waals surface area contributed by atoms with Crippen LogP contribution in [0.2, 0.25) is 0 Å². The summed E-state index contributed by atoms with van der Waals surface area (Å²) in [5, 5.41) is 0. The summed E-state index contributed by atoms with van der Waals surface area (Å²) in [5.74, 6) is 0.785. The minimum Gasteiger partial charge on any atom is -0.224 e. The van der Waals surface area contributed by atoms with Gasteiger partial charge in [-0.1, -0.05) is 22.9 Å². The SMILES string of the molecule is CS(=O)(=O)c1ccc(CSS)cc1. The molecular weight excluding hydrogens is 224 g/mol. The van der Waals surface area contributed by atoms with Crippen LogP contribution in [0, 0.1) is 0 Å². The van der Waals surface area contributed by atoms with E-state index in [0.717, 1.165) is 11.3 Å². The molecule has 2 nitrogen and oxygen atoms in total. The number of sulfone groups is 1. The standard InChI is InChI=1S/C8H10O2S3/c1-13(9,10)8-4-2-7(3-5-8)6-12-11/h2-5,11H,6H2,1H3. The molecule has 0 atom stereocenters. The third kappa shape index (κ3) is 3.25. The normalized spacial score (nSPS) is 11.5. The van der Waals surface area contributed by atoms with E-state index < -0.39 is 9.84 Å². The van der Waals surface area contributed by atoms with Gasteiger partial charge in [-0.25, -0.2) is 8.42 Å². The smallest absolute Gasteiger partial charge is 0.175 e. The maximum atomic E-state index is 11.1.